The molecule has 0 bridgehead atoms. The molecular formula is C14H18N2O4S. The van der Waals surface area contributed by atoms with Gasteiger partial charge in [0.25, 0.3) is 5.91 Å². The van der Waals surface area contributed by atoms with Crippen molar-refractivity contribution in [2.24, 2.45) is 0 Å². The fourth-order valence-corrected chi connectivity index (χ4v) is 3.27. The van der Waals surface area contributed by atoms with E-state index >= 15 is 0 Å². The largest absolute Gasteiger partial charge is 0.480 e. The number of hydrogen-bond acceptors (Lipinski definition) is 4. The topological polar surface area (TPSA) is 86.7 Å². The van der Waals surface area contributed by atoms with E-state index in [4.69, 9.17) is 0 Å². The normalized spacial score (nSPS) is 16.4. The Hall–Kier alpha value is -1.89. The molecule has 1 fully saturated rings. The molecule has 1 saturated carbocycles. The number of nitrogens with zero attached hydrogens (tertiary/aromatic N) is 1. The van der Waals surface area contributed by atoms with Crippen LogP contribution in [0.15, 0.2) is 17.5 Å². The summed E-state index contributed by atoms with van der Waals surface area (Å²) >= 11 is 1.31. The Morgan fingerprint density at radius 1 is 1.38 bits per heavy atom. The third-order valence-electron chi connectivity index (χ3n) is 3.70. The molecule has 0 atom stereocenters. The highest BCUT2D eigenvalue weighted by Crippen LogP contribution is 2.29. The Bertz CT molecular complexity index is 535. The van der Waals surface area contributed by atoms with Crippen molar-refractivity contribution in [3.63, 3.8) is 0 Å². The molecule has 0 saturated heterocycles. The van der Waals surface area contributed by atoms with E-state index in [0.29, 0.717) is 17.7 Å². The molecule has 0 aliphatic heterocycles. The molecule has 2 N–H and O–H groups in total. The molecule has 114 valence electrons. The third-order valence-corrected chi connectivity index (χ3v) is 4.56. The fraction of sp³-hybridized carbons (Fsp3) is 0.500. The Morgan fingerprint density at radius 3 is 2.57 bits per heavy atom. The molecule has 0 spiro atoms. The van der Waals surface area contributed by atoms with Crippen LogP contribution >= 0.6 is 11.3 Å². The molecule has 21 heavy (non-hydrogen) atoms. The minimum Gasteiger partial charge on any atom is -0.480 e. The van der Waals surface area contributed by atoms with Gasteiger partial charge in [0.05, 0.1) is 11.4 Å². The highest BCUT2D eigenvalue weighted by molar-refractivity contribution is 7.12. The first kappa shape index (κ1) is 15.5. The van der Waals surface area contributed by atoms with Crippen molar-refractivity contribution >= 4 is 29.1 Å². The highest BCUT2D eigenvalue weighted by Gasteiger charge is 2.42. The maximum absolute atomic E-state index is 12.0. The van der Waals surface area contributed by atoms with Crippen LogP contribution in [0.1, 0.15) is 35.4 Å². The molecule has 1 heterocycles. The predicted molar refractivity (Wildman–Crippen MR) is 78.3 cm³/mol. The maximum Gasteiger partial charge on any atom is 0.329 e. The standard InChI is InChI=1S/C14H18N2O4S/c1-16(12(18)10-5-4-8-21-10)9-11(17)15-14(13(19)20)6-2-3-7-14/h4-5,8H,2-3,6-7,9H2,1H3,(H,15,17)(H,19,20). The molecule has 1 aromatic heterocycles. The van der Waals surface area contributed by atoms with Gasteiger partial charge in [-0.05, 0) is 24.3 Å². The number of hydrogen-bond donors (Lipinski definition) is 2. The van der Waals surface area contributed by atoms with E-state index in [1.807, 2.05) is 0 Å². The average Bonchev–Trinajstić information content (AvgIpc) is 3.08. The summed E-state index contributed by atoms with van der Waals surface area (Å²) in [7, 11) is 1.53. The zero-order valence-corrected chi connectivity index (χ0v) is 12.6. The number of aliphatic carboxylic acids is 1. The molecular weight excluding hydrogens is 292 g/mol. The summed E-state index contributed by atoms with van der Waals surface area (Å²) in [6.07, 6.45) is 2.46. The number of nitrogens with one attached hydrogen (secondary N) is 1. The first-order chi connectivity index (χ1) is 9.94. The smallest absolute Gasteiger partial charge is 0.329 e. The van der Waals surface area contributed by atoms with Crippen LogP contribution < -0.4 is 5.32 Å². The lowest BCUT2D eigenvalue weighted by Gasteiger charge is -2.26. The molecule has 1 aromatic rings. The molecule has 0 aromatic carbocycles. The van der Waals surface area contributed by atoms with Gasteiger partial charge >= 0.3 is 5.97 Å². The van der Waals surface area contributed by atoms with Gasteiger partial charge in [0.1, 0.15) is 5.54 Å². The van der Waals surface area contributed by atoms with Crippen LogP contribution in [0.3, 0.4) is 0 Å². The van der Waals surface area contributed by atoms with Crippen molar-refractivity contribution in [2.75, 3.05) is 13.6 Å². The average molecular weight is 310 g/mol. The van der Waals surface area contributed by atoms with E-state index in [1.54, 1.807) is 17.5 Å². The van der Waals surface area contributed by atoms with Crippen molar-refractivity contribution in [2.45, 2.75) is 31.2 Å². The SMILES string of the molecule is CN(CC(=O)NC1(C(=O)O)CCCC1)C(=O)c1cccs1. The monoisotopic (exact) mass is 310 g/mol. The summed E-state index contributed by atoms with van der Waals surface area (Å²) in [6.45, 7) is -0.147. The lowest BCUT2D eigenvalue weighted by atomic mass is 9.98. The van der Waals surface area contributed by atoms with Crippen molar-refractivity contribution in [3.05, 3.63) is 22.4 Å². The number of amides is 2. The number of carbonyl (C=O) groups excluding carboxylic acids is 2. The zero-order valence-electron chi connectivity index (χ0n) is 11.8. The van der Waals surface area contributed by atoms with Crippen LogP contribution in [-0.4, -0.2) is 46.9 Å². The molecule has 0 unspecified atom stereocenters. The summed E-state index contributed by atoms with van der Waals surface area (Å²) < 4.78 is 0. The van der Waals surface area contributed by atoms with Gasteiger partial charge in [0.15, 0.2) is 0 Å². The quantitative estimate of drug-likeness (QED) is 0.859. The van der Waals surface area contributed by atoms with Crippen LogP contribution in [0.25, 0.3) is 0 Å². The van der Waals surface area contributed by atoms with Crippen LogP contribution in [0.4, 0.5) is 0 Å². The van der Waals surface area contributed by atoms with E-state index in [0.717, 1.165) is 12.8 Å². The number of carbonyl (C=O) groups is 3. The second-order valence-electron chi connectivity index (χ2n) is 5.28. The fourth-order valence-electron chi connectivity index (χ4n) is 2.55. The second-order valence-corrected chi connectivity index (χ2v) is 6.23. The first-order valence-electron chi connectivity index (χ1n) is 6.78. The lowest BCUT2D eigenvalue weighted by molar-refractivity contribution is -0.147. The number of carboxylic acids is 1. The summed E-state index contributed by atoms with van der Waals surface area (Å²) in [4.78, 5) is 37.3. The Balaban J connectivity index is 1.95. The van der Waals surface area contributed by atoms with Crippen LogP contribution in [0, 0.1) is 0 Å². The Labute approximate surface area is 126 Å². The Kier molecular flexibility index (Phi) is 4.62. The Morgan fingerprint density at radius 2 is 2.05 bits per heavy atom. The van der Waals surface area contributed by atoms with Gasteiger partial charge < -0.3 is 15.3 Å². The van der Waals surface area contributed by atoms with Crippen molar-refractivity contribution in [1.29, 1.82) is 0 Å². The van der Waals surface area contributed by atoms with E-state index < -0.39 is 17.4 Å². The van der Waals surface area contributed by atoms with Gasteiger partial charge in [-0.25, -0.2) is 4.79 Å². The molecule has 2 rings (SSSR count). The van der Waals surface area contributed by atoms with Gasteiger partial charge in [0.2, 0.25) is 5.91 Å². The molecule has 1 aliphatic rings. The first-order valence-corrected chi connectivity index (χ1v) is 7.66. The van der Waals surface area contributed by atoms with E-state index in [2.05, 4.69) is 5.32 Å². The molecule has 7 heteroatoms. The van der Waals surface area contributed by atoms with Crippen molar-refractivity contribution < 1.29 is 19.5 Å². The minimum absolute atomic E-state index is 0.147. The lowest BCUT2D eigenvalue weighted by Crippen LogP contribution is -2.54. The second kappa shape index (κ2) is 6.26. The summed E-state index contributed by atoms with van der Waals surface area (Å²) in [6, 6.07) is 3.46. The van der Waals surface area contributed by atoms with Gasteiger partial charge in [-0.2, -0.15) is 0 Å². The number of thiophene rings is 1. The molecule has 0 radical (unpaired) electrons. The van der Waals surface area contributed by atoms with E-state index in [9.17, 15) is 19.5 Å². The van der Waals surface area contributed by atoms with Crippen molar-refractivity contribution in [1.82, 2.24) is 10.2 Å². The summed E-state index contributed by atoms with van der Waals surface area (Å²) in [5, 5.41) is 13.7. The number of likely N-dealkylation sites (N-methyl/N-ethyl adjacent to an activating group) is 1. The molecule has 1 aliphatic carbocycles. The highest BCUT2D eigenvalue weighted by atomic mass is 32.1. The number of rotatable bonds is 5. The van der Waals surface area contributed by atoms with Crippen LogP contribution in [-0.2, 0) is 9.59 Å². The zero-order chi connectivity index (χ0) is 15.5. The van der Waals surface area contributed by atoms with E-state index in [-0.39, 0.29) is 12.5 Å². The van der Waals surface area contributed by atoms with Crippen LogP contribution in [0.5, 0.6) is 0 Å². The summed E-state index contributed by atoms with van der Waals surface area (Å²) in [5.74, 6) is -1.68. The van der Waals surface area contributed by atoms with Gasteiger partial charge in [-0.3, -0.25) is 9.59 Å². The molecule has 6 nitrogen and oxygen atoms in total. The van der Waals surface area contributed by atoms with Gasteiger partial charge in [0, 0.05) is 7.05 Å². The van der Waals surface area contributed by atoms with Gasteiger partial charge in [-0.15, -0.1) is 11.3 Å². The minimum atomic E-state index is -1.16. The third kappa shape index (κ3) is 3.41. The van der Waals surface area contributed by atoms with E-state index in [1.165, 1.54) is 23.3 Å². The number of carboxylic acid groups (broad SMARTS) is 1. The predicted octanol–water partition coefficient (Wildman–Crippen LogP) is 1.33. The summed E-state index contributed by atoms with van der Waals surface area (Å²) in [5.41, 5.74) is -1.16. The van der Waals surface area contributed by atoms with Gasteiger partial charge in [-0.1, -0.05) is 18.9 Å². The maximum atomic E-state index is 12.0. The van der Waals surface area contributed by atoms with Crippen molar-refractivity contribution in [3.8, 4) is 0 Å². The molecule has 2 amide bonds. The van der Waals surface area contributed by atoms with Crippen LogP contribution in [0.2, 0.25) is 0 Å².